The molecule has 1 amide bonds. The van der Waals surface area contributed by atoms with Crippen molar-refractivity contribution in [3.05, 3.63) is 106 Å². The molecule has 0 spiro atoms. The average Bonchev–Trinajstić information content (AvgIpc) is 3.24. The van der Waals surface area contributed by atoms with E-state index in [9.17, 15) is 9.59 Å². The van der Waals surface area contributed by atoms with Gasteiger partial charge in [-0.25, -0.2) is 9.79 Å². The van der Waals surface area contributed by atoms with Crippen molar-refractivity contribution in [2.75, 3.05) is 13.7 Å². The summed E-state index contributed by atoms with van der Waals surface area (Å²) in [5.74, 6) is -0.435. The number of carbonyl (C=O) groups excluding carboxylic acids is 2. The molecule has 2 aliphatic rings. The molecular formula is C28H29N3O3S. The summed E-state index contributed by atoms with van der Waals surface area (Å²) in [7, 11) is 1.81. The highest BCUT2D eigenvalue weighted by atomic mass is 32.2. The summed E-state index contributed by atoms with van der Waals surface area (Å²) in [6.45, 7) is 8.15. The average molecular weight is 488 g/mol. The molecule has 7 heteroatoms. The lowest BCUT2D eigenvalue weighted by molar-refractivity contribution is -0.138. The first-order valence-electron chi connectivity index (χ1n) is 11.5. The number of carbonyl (C=O) groups is 2. The molecule has 0 aliphatic carbocycles. The fraction of sp³-hybridized carbons (Fsp3) is 0.250. The van der Waals surface area contributed by atoms with Gasteiger partial charge in [0.15, 0.2) is 5.17 Å². The summed E-state index contributed by atoms with van der Waals surface area (Å²) in [5, 5.41) is 2.72. The Bertz CT molecular complexity index is 1230. The lowest BCUT2D eigenvalue weighted by Gasteiger charge is -2.37. The van der Waals surface area contributed by atoms with Crippen LogP contribution in [-0.2, 0) is 20.9 Å². The molecule has 0 saturated heterocycles. The number of nitrogens with zero attached hydrogens (tertiary/aromatic N) is 3. The number of rotatable bonds is 8. The van der Waals surface area contributed by atoms with Gasteiger partial charge >= 0.3 is 5.97 Å². The van der Waals surface area contributed by atoms with Crippen LogP contribution in [0.2, 0.25) is 0 Å². The van der Waals surface area contributed by atoms with Gasteiger partial charge in [-0.2, -0.15) is 0 Å². The SMILES string of the molecule is C=CCOC(=O)C1=C(C)N=C2SC=C(CC(=O)N(C)Cc3ccccc3)N2C1c1ccccc1C. The number of aliphatic imine (C=N–C) groups is 1. The minimum atomic E-state index is -0.436. The number of benzene rings is 2. The van der Waals surface area contributed by atoms with E-state index < -0.39 is 12.0 Å². The molecule has 2 aliphatic heterocycles. The lowest BCUT2D eigenvalue weighted by Crippen LogP contribution is -2.38. The van der Waals surface area contributed by atoms with Gasteiger partial charge in [0.25, 0.3) is 0 Å². The third kappa shape index (κ3) is 5.25. The summed E-state index contributed by atoms with van der Waals surface area (Å²) >= 11 is 1.47. The van der Waals surface area contributed by atoms with Crippen LogP contribution >= 0.6 is 11.8 Å². The fourth-order valence-corrected chi connectivity index (χ4v) is 5.23. The topological polar surface area (TPSA) is 62.2 Å². The van der Waals surface area contributed by atoms with Gasteiger partial charge in [-0.15, -0.1) is 0 Å². The molecule has 1 atom stereocenters. The van der Waals surface area contributed by atoms with Gasteiger partial charge in [0.05, 0.1) is 23.7 Å². The summed E-state index contributed by atoms with van der Waals surface area (Å²) in [4.78, 5) is 34.8. The Morgan fingerprint density at radius 3 is 2.57 bits per heavy atom. The van der Waals surface area contributed by atoms with Crippen LogP contribution in [0.15, 0.2) is 94.6 Å². The first-order chi connectivity index (χ1) is 16.9. The molecule has 6 nitrogen and oxygen atoms in total. The van der Waals surface area contributed by atoms with Gasteiger partial charge in [-0.1, -0.05) is 79.0 Å². The van der Waals surface area contributed by atoms with E-state index in [1.165, 1.54) is 11.8 Å². The highest BCUT2D eigenvalue weighted by Gasteiger charge is 2.41. The maximum absolute atomic E-state index is 13.2. The normalized spacial score (nSPS) is 16.9. The standard InChI is InChI=1S/C28H29N3O3S/c1-5-15-34-27(33)25-20(3)29-28-31(26(25)23-14-10-9-11-19(23)2)22(18-35-28)16-24(32)30(4)17-21-12-7-6-8-13-21/h5-14,18,26H,1,15-17H2,2-4H3. The Labute approximate surface area is 210 Å². The molecule has 0 aromatic heterocycles. The Hall–Kier alpha value is -3.58. The van der Waals surface area contributed by atoms with Gasteiger partial charge in [0, 0.05) is 19.3 Å². The summed E-state index contributed by atoms with van der Waals surface area (Å²) in [6, 6.07) is 17.4. The fourth-order valence-electron chi connectivity index (χ4n) is 4.27. The van der Waals surface area contributed by atoms with Gasteiger partial charge in [0.1, 0.15) is 6.61 Å². The van der Waals surface area contributed by atoms with Crippen molar-refractivity contribution in [2.24, 2.45) is 4.99 Å². The van der Waals surface area contributed by atoms with E-state index in [1.54, 1.807) is 11.0 Å². The van der Waals surface area contributed by atoms with E-state index in [0.717, 1.165) is 27.6 Å². The molecule has 0 radical (unpaired) electrons. The van der Waals surface area contributed by atoms with Crippen molar-refractivity contribution in [1.82, 2.24) is 9.80 Å². The number of ether oxygens (including phenoxy) is 1. The van der Waals surface area contributed by atoms with Crippen molar-refractivity contribution in [3.63, 3.8) is 0 Å². The molecule has 1 unspecified atom stereocenters. The number of allylic oxidation sites excluding steroid dienone is 1. The number of esters is 1. The summed E-state index contributed by atoms with van der Waals surface area (Å²) < 4.78 is 5.45. The van der Waals surface area contributed by atoms with Crippen molar-refractivity contribution < 1.29 is 14.3 Å². The molecule has 2 heterocycles. The molecule has 0 saturated carbocycles. The Balaban J connectivity index is 1.65. The molecule has 35 heavy (non-hydrogen) atoms. The number of hydrogen-bond donors (Lipinski definition) is 0. The second kappa shape index (κ2) is 10.8. The lowest BCUT2D eigenvalue weighted by atomic mass is 9.91. The third-order valence-corrected chi connectivity index (χ3v) is 6.95. The van der Waals surface area contributed by atoms with E-state index in [4.69, 9.17) is 9.73 Å². The molecule has 2 aromatic carbocycles. The maximum Gasteiger partial charge on any atom is 0.338 e. The highest BCUT2D eigenvalue weighted by molar-refractivity contribution is 8.16. The predicted molar refractivity (Wildman–Crippen MR) is 140 cm³/mol. The molecular weight excluding hydrogens is 458 g/mol. The Kier molecular flexibility index (Phi) is 7.56. The van der Waals surface area contributed by atoms with Crippen molar-refractivity contribution in [3.8, 4) is 0 Å². The Morgan fingerprint density at radius 2 is 1.86 bits per heavy atom. The molecule has 0 bridgehead atoms. The van der Waals surface area contributed by atoms with Crippen LogP contribution in [0, 0.1) is 6.92 Å². The second-order valence-corrected chi connectivity index (χ2v) is 9.39. The Morgan fingerprint density at radius 1 is 1.14 bits per heavy atom. The van der Waals surface area contributed by atoms with Crippen molar-refractivity contribution in [2.45, 2.75) is 32.9 Å². The van der Waals surface area contributed by atoms with Gasteiger partial charge < -0.3 is 14.5 Å². The summed E-state index contributed by atoms with van der Waals surface area (Å²) in [5.41, 5.74) is 5.00. The summed E-state index contributed by atoms with van der Waals surface area (Å²) in [6.07, 6.45) is 1.75. The van der Waals surface area contributed by atoms with E-state index in [-0.39, 0.29) is 18.9 Å². The zero-order valence-electron chi connectivity index (χ0n) is 20.2. The third-order valence-electron chi connectivity index (χ3n) is 6.06. The van der Waals surface area contributed by atoms with E-state index in [2.05, 4.69) is 6.58 Å². The van der Waals surface area contributed by atoms with Crippen LogP contribution in [-0.4, -0.2) is 40.5 Å². The first kappa shape index (κ1) is 24.5. The smallest absolute Gasteiger partial charge is 0.338 e. The van der Waals surface area contributed by atoms with Crippen LogP contribution < -0.4 is 0 Å². The van der Waals surface area contributed by atoms with Gasteiger partial charge in [-0.05, 0) is 35.9 Å². The first-order valence-corrected chi connectivity index (χ1v) is 12.3. The molecule has 180 valence electrons. The minimum Gasteiger partial charge on any atom is -0.458 e. The number of hydrogen-bond acceptors (Lipinski definition) is 6. The highest BCUT2D eigenvalue weighted by Crippen LogP contribution is 2.45. The van der Waals surface area contributed by atoms with Crippen LogP contribution in [0.4, 0.5) is 0 Å². The van der Waals surface area contributed by atoms with Crippen molar-refractivity contribution in [1.29, 1.82) is 0 Å². The van der Waals surface area contributed by atoms with E-state index in [1.807, 2.05) is 85.8 Å². The quantitative estimate of drug-likeness (QED) is 0.371. The van der Waals surface area contributed by atoms with E-state index in [0.29, 0.717) is 17.8 Å². The van der Waals surface area contributed by atoms with Gasteiger partial charge in [0.2, 0.25) is 5.91 Å². The zero-order valence-corrected chi connectivity index (χ0v) is 21.0. The van der Waals surface area contributed by atoms with Crippen LogP contribution in [0.1, 0.15) is 36.1 Å². The number of aryl methyl sites for hydroxylation is 1. The maximum atomic E-state index is 13.2. The van der Waals surface area contributed by atoms with Crippen LogP contribution in [0.5, 0.6) is 0 Å². The van der Waals surface area contributed by atoms with Crippen molar-refractivity contribution >= 4 is 28.8 Å². The monoisotopic (exact) mass is 487 g/mol. The molecule has 4 rings (SSSR count). The van der Waals surface area contributed by atoms with Crippen LogP contribution in [0.25, 0.3) is 0 Å². The predicted octanol–water partition coefficient (Wildman–Crippen LogP) is 5.35. The second-order valence-electron chi connectivity index (χ2n) is 8.55. The van der Waals surface area contributed by atoms with Crippen LogP contribution in [0.3, 0.4) is 0 Å². The molecule has 0 fully saturated rings. The van der Waals surface area contributed by atoms with E-state index >= 15 is 0 Å². The zero-order chi connectivity index (χ0) is 24.9. The number of thioether (sulfide) groups is 1. The van der Waals surface area contributed by atoms with Gasteiger partial charge in [-0.3, -0.25) is 4.79 Å². The molecule has 2 aromatic rings. The number of fused-ring (bicyclic) bond motifs is 1. The minimum absolute atomic E-state index is 0.00690. The number of amides is 1. The molecule has 0 N–H and O–H groups in total. The number of amidine groups is 1. The largest absolute Gasteiger partial charge is 0.458 e.